The van der Waals surface area contributed by atoms with Crippen LogP contribution in [0.2, 0.25) is 0 Å². The van der Waals surface area contributed by atoms with Gasteiger partial charge >= 0.3 is 0 Å². The standard InChI is InChI=1S/C25H27O2/c1-4-17-26-23-15-8-6-12-20(23)21-14-10-11-19(3)25(21)22-13-7-9-16-24(22)27-18-5-2/h6-16H,3-5,17-18H2,1-2H3. The highest BCUT2D eigenvalue weighted by molar-refractivity contribution is 5.90. The van der Waals surface area contributed by atoms with Crippen molar-refractivity contribution < 1.29 is 9.47 Å². The molecule has 0 aromatic heterocycles. The quantitative estimate of drug-likeness (QED) is 0.441. The Morgan fingerprint density at radius 3 is 1.78 bits per heavy atom. The van der Waals surface area contributed by atoms with Gasteiger partial charge < -0.3 is 9.47 Å². The molecule has 0 aliphatic carbocycles. The molecule has 2 heteroatoms. The van der Waals surface area contributed by atoms with E-state index in [9.17, 15) is 0 Å². The number of ether oxygens (including phenoxy) is 2. The third-order valence-corrected chi connectivity index (χ3v) is 4.41. The van der Waals surface area contributed by atoms with E-state index in [1.165, 1.54) is 0 Å². The topological polar surface area (TPSA) is 18.5 Å². The molecule has 0 spiro atoms. The first-order chi connectivity index (χ1) is 13.3. The van der Waals surface area contributed by atoms with Crippen LogP contribution in [0.25, 0.3) is 22.3 Å². The normalized spacial score (nSPS) is 10.6. The average Bonchev–Trinajstić information content (AvgIpc) is 2.71. The summed E-state index contributed by atoms with van der Waals surface area (Å²) in [6.07, 6.45) is 1.95. The summed E-state index contributed by atoms with van der Waals surface area (Å²) < 4.78 is 12.0. The summed E-state index contributed by atoms with van der Waals surface area (Å²) in [7, 11) is 0. The van der Waals surface area contributed by atoms with Gasteiger partial charge in [-0.05, 0) is 48.6 Å². The molecule has 1 radical (unpaired) electrons. The Bertz CT molecular complexity index is 883. The fourth-order valence-corrected chi connectivity index (χ4v) is 3.18. The van der Waals surface area contributed by atoms with E-state index in [4.69, 9.17) is 9.47 Å². The van der Waals surface area contributed by atoms with Gasteiger partial charge in [0.05, 0.1) is 13.2 Å². The van der Waals surface area contributed by atoms with Crippen molar-refractivity contribution in [2.45, 2.75) is 26.7 Å². The second-order valence-corrected chi connectivity index (χ2v) is 6.53. The molecule has 0 fully saturated rings. The van der Waals surface area contributed by atoms with Crippen LogP contribution in [-0.4, -0.2) is 13.2 Å². The van der Waals surface area contributed by atoms with Gasteiger partial charge in [0.25, 0.3) is 0 Å². The summed E-state index contributed by atoms with van der Waals surface area (Å²) in [4.78, 5) is 0. The Hall–Kier alpha value is -2.74. The van der Waals surface area contributed by atoms with Crippen LogP contribution in [-0.2, 0) is 0 Å². The summed E-state index contributed by atoms with van der Waals surface area (Å²) in [6, 6.07) is 22.6. The van der Waals surface area contributed by atoms with Crippen LogP contribution in [0.4, 0.5) is 0 Å². The largest absolute Gasteiger partial charge is 0.493 e. The maximum atomic E-state index is 6.02. The van der Waals surface area contributed by atoms with Crippen molar-refractivity contribution in [2.24, 2.45) is 0 Å². The number of para-hydroxylation sites is 2. The van der Waals surface area contributed by atoms with E-state index in [2.05, 4.69) is 39.0 Å². The zero-order valence-corrected chi connectivity index (χ0v) is 16.2. The molecule has 27 heavy (non-hydrogen) atoms. The van der Waals surface area contributed by atoms with E-state index in [0.717, 1.165) is 52.2 Å². The van der Waals surface area contributed by atoms with Crippen LogP contribution in [0.15, 0.2) is 66.7 Å². The van der Waals surface area contributed by atoms with Crippen LogP contribution in [0, 0.1) is 6.92 Å². The summed E-state index contributed by atoms with van der Waals surface area (Å²) in [6.45, 7) is 9.93. The summed E-state index contributed by atoms with van der Waals surface area (Å²) >= 11 is 0. The Morgan fingerprint density at radius 1 is 0.630 bits per heavy atom. The SMILES string of the molecule is [CH2]c1cccc(-c2ccccc2OCCC)c1-c1ccccc1OCCC. The molecule has 0 aliphatic heterocycles. The molecule has 3 aromatic rings. The van der Waals surface area contributed by atoms with Gasteiger partial charge in [-0.2, -0.15) is 0 Å². The van der Waals surface area contributed by atoms with Gasteiger partial charge in [-0.15, -0.1) is 0 Å². The van der Waals surface area contributed by atoms with Gasteiger partial charge in [0.1, 0.15) is 11.5 Å². The van der Waals surface area contributed by atoms with Gasteiger partial charge in [-0.1, -0.05) is 68.4 Å². The maximum Gasteiger partial charge on any atom is 0.127 e. The molecule has 0 atom stereocenters. The van der Waals surface area contributed by atoms with Crippen molar-refractivity contribution in [3.05, 3.63) is 79.2 Å². The lowest BCUT2D eigenvalue weighted by molar-refractivity contribution is 0.318. The zero-order valence-electron chi connectivity index (χ0n) is 16.2. The molecule has 3 aromatic carbocycles. The minimum atomic E-state index is 0.696. The number of hydrogen-bond acceptors (Lipinski definition) is 2. The first kappa shape index (κ1) is 19.0. The van der Waals surface area contributed by atoms with E-state index in [1.54, 1.807) is 0 Å². The molecule has 139 valence electrons. The lowest BCUT2D eigenvalue weighted by atomic mass is 9.90. The molecule has 0 bridgehead atoms. The molecule has 0 saturated carbocycles. The lowest BCUT2D eigenvalue weighted by Crippen LogP contribution is -2.00. The van der Waals surface area contributed by atoms with Crippen molar-refractivity contribution in [3.63, 3.8) is 0 Å². The summed E-state index contributed by atoms with van der Waals surface area (Å²) in [5.74, 6) is 1.79. The minimum Gasteiger partial charge on any atom is -0.493 e. The van der Waals surface area contributed by atoms with Gasteiger partial charge in [0.2, 0.25) is 0 Å². The second-order valence-electron chi connectivity index (χ2n) is 6.53. The van der Waals surface area contributed by atoms with Crippen molar-refractivity contribution in [1.82, 2.24) is 0 Å². The fourth-order valence-electron chi connectivity index (χ4n) is 3.18. The average molecular weight is 359 g/mol. The molecular formula is C25H27O2. The van der Waals surface area contributed by atoms with E-state index in [0.29, 0.717) is 13.2 Å². The number of rotatable bonds is 8. The fraction of sp³-hybridized carbons (Fsp3) is 0.240. The molecular weight excluding hydrogens is 332 g/mol. The lowest BCUT2D eigenvalue weighted by Gasteiger charge is -2.19. The van der Waals surface area contributed by atoms with Crippen molar-refractivity contribution in [1.29, 1.82) is 0 Å². The molecule has 0 amide bonds. The molecule has 0 saturated heterocycles. The minimum absolute atomic E-state index is 0.696. The van der Waals surface area contributed by atoms with E-state index < -0.39 is 0 Å². The summed E-state index contributed by atoms with van der Waals surface area (Å²) in [5.41, 5.74) is 5.33. The third-order valence-electron chi connectivity index (χ3n) is 4.41. The summed E-state index contributed by atoms with van der Waals surface area (Å²) in [5, 5.41) is 0. The second kappa shape index (κ2) is 9.27. The van der Waals surface area contributed by atoms with Gasteiger partial charge in [0.15, 0.2) is 0 Å². The first-order valence-electron chi connectivity index (χ1n) is 9.65. The molecule has 0 unspecified atom stereocenters. The Balaban J connectivity index is 2.16. The van der Waals surface area contributed by atoms with Gasteiger partial charge in [0, 0.05) is 11.1 Å². The number of hydrogen-bond donors (Lipinski definition) is 0. The van der Waals surface area contributed by atoms with Crippen molar-refractivity contribution >= 4 is 0 Å². The first-order valence-corrected chi connectivity index (χ1v) is 9.65. The van der Waals surface area contributed by atoms with E-state index >= 15 is 0 Å². The van der Waals surface area contributed by atoms with Crippen LogP contribution in [0.3, 0.4) is 0 Å². The highest BCUT2D eigenvalue weighted by Crippen LogP contribution is 2.42. The van der Waals surface area contributed by atoms with E-state index in [-0.39, 0.29) is 0 Å². The molecule has 2 nitrogen and oxygen atoms in total. The predicted octanol–water partition coefficient (Wildman–Crippen LogP) is 6.78. The third kappa shape index (κ3) is 4.33. The monoisotopic (exact) mass is 359 g/mol. The molecule has 3 rings (SSSR count). The van der Waals surface area contributed by atoms with Crippen molar-refractivity contribution in [3.8, 4) is 33.8 Å². The Kier molecular flexibility index (Phi) is 6.54. The Morgan fingerprint density at radius 2 is 1.15 bits per heavy atom. The van der Waals surface area contributed by atoms with Crippen molar-refractivity contribution in [2.75, 3.05) is 13.2 Å². The molecule has 0 N–H and O–H groups in total. The van der Waals surface area contributed by atoms with Gasteiger partial charge in [-0.25, -0.2) is 0 Å². The van der Waals surface area contributed by atoms with Gasteiger partial charge in [-0.3, -0.25) is 0 Å². The maximum absolute atomic E-state index is 6.02. The smallest absolute Gasteiger partial charge is 0.127 e. The van der Waals surface area contributed by atoms with Crippen LogP contribution in [0.1, 0.15) is 32.3 Å². The number of benzene rings is 3. The highest BCUT2D eigenvalue weighted by Gasteiger charge is 2.16. The van der Waals surface area contributed by atoms with Crippen LogP contribution >= 0.6 is 0 Å². The van der Waals surface area contributed by atoms with E-state index in [1.807, 2.05) is 48.5 Å². The van der Waals surface area contributed by atoms with Crippen LogP contribution in [0.5, 0.6) is 11.5 Å². The molecule has 0 aliphatic rings. The predicted molar refractivity (Wildman–Crippen MR) is 113 cm³/mol. The highest BCUT2D eigenvalue weighted by atomic mass is 16.5. The van der Waals surface area contributed by atoms with Crippen LogP contribution < -0.4 is 9.47 Å². The Labute approximate surface area is 162 Å². The zero-order chi connectivity index (χ0) is 19.1. The molecule has 0 heterocycles.